The van der Waals surface area contributed by atoms with Crippen molar-refractivity contribution in [1.29, 1.82) is 0 Å². The molecular formula is C30H26IrN4OSi-2. The Balaban J connectivity index is 0.000000192. The van der Waals surface area contributed by atoms with Crippen LogP contribution in [0.5, 0.6) is 0 Å². The van der Waals surface area contributed by atoms with E-state index in [9.17, 15) is 0 Å². The molecule has 37 heavy (non-hydrogen) atoms. The molecular weight excluding hydrogens is 653 g/mol. The van der Waals surface area contributed by atoms with E-state index in [-0.39, 0.29) is 25.7 Å². The summed E-state index contributed by atoms with van der Waals surface area (Å²) in [7, 11) is -1.34. The molecule has 5 aromatic heterocycles. The molecule has 6 aromatic rings. The summed E-state index contributed by atoms with van der Waals surface area (Å²) < 4.78 is 27.3. The average Bonchev–Trinajstić information content (AvgIpc) is 3.31. The molecule has 0 unspecified atom stereocenters. The maximum atomic E-state index is 7.23. The van der Waals surface area contributed by atoms with Crippen molar-refractivity contribution in [1.82, 2.24) is 19.9 Å². The number of hydrogen-bond donors (Lipinski definition) is 0. The molecule has 1 radical (unpaired) electrons. The molecule has 0 bridgehead atoms. The van der Waals surface area contributed by atoms with Gasteiger partial charge in [0.2, 0.25) is 5.71 Å². The summed E-state index contributed by atoms with van der Waals surface area (Å²) in [5.74, 6) is 0. The van der Waals surface area contributed by atoms with Gasteiger partial charge in [0.05, 0.1) is 8.07 Å². The molecule has 5 heterocycles. The third-order valence-corrected chi connectivity index (χ3v) is 7.73. The first kappa shape index (κ1) is 22.7. The Hall–Kier alpha value is -3.51. The second-order valence-corrected chi connectivity index (χ2v) is 14.4. The molecule has 6 rings (SSSR count). The molecule has 0 saturated heterocycles. The van der Waals surface area contributed by atoms with E-state index in [1.54, 1.807) is 24.4 Å². The van der Waals surface area contributed by atoms with Crippen LogP contribution in [0.2, 0.25) is 19.6 Å². The van der Waals surface area contributed by atoms with Gasteiger partial charge in [-0.3, -0.25) is 0 Å². The SMILES string of the molecule is C[Si](C)(C)c1ccc(-c2[c-]nc3oc4ncccc4c3c2)nc1.[2H]C([2H])([2H])c1ccc(-c2[c-]cccc2)nc1.[Ir]. The monoisotopic (exact) mass is 682 g/mol. The number of aromatic nitrogens is 4. The zero-order valence-electron chi connectivity index (χ0n) is 23.6. The van der Waals surface area contributed by atoms with Crippen molar-refractivity contribution in [3.05, 3.63) is 103 Å². The molecule has 0 fully saturated rings. The molecule has 0 aliphatic carbocycles. The van der Waals surface area contributed by atoms with Crippen LogP contribution in [0.3, 0.4) is 0 Å². The smallest absolute Gasteiger partial charge is 0.217 e. The average molecular weight is 682 g/mol. The molecule has 0 saturated carbocycles. The molecule has 0 amide bonds. The van der Waals surface area contributed by atoms with Gasteiger partial charge >= 0.3 is 0 Å². The zero-order chi connectivity index (χ0) is 27.6. The van der Waals surface area contributed by atoms with Gasteiger partial charge in [0.1, 0.15) is 5.71 Å². The number of benzene rings is 1. The van der Waals surface area contributed by atoms with Crippen LogP contribution >= 0.6 is 0 Å². The van der Waals surface area contributed by atoms with Crippen LogP contribution in [-0.2, 0) is 20.1 Å². The van der Waals surface area contributed by atoms with Crippen LogP contribution in [-0.4, -0.2) is 28.0 Å². The van der Waals surface area contributed by atoms with E-state index in [0.717, 1.165) is 33.3 Å². The third kappa shape index (κ3) is 6.08. The van der Waals surface area contributed by atoms with Gasteiger partial charge in [0.25, 0.3) is 0 Å². The Morgan fingerprint density at radius 1 is 0.811 bits per heavy atom. The van der Waals surface area contributed by atoms with E-state index in [1.165, 1.54) is 11.4 Å². The molecule has 0 aliphatic rings. The molecule has 0 aliphatic heterocycles. The van der Waals surface area contributed by atoms with Crippen molar-refractivity contribution in [2.24, 2.45) is 0 Å². The van der Waals surface area contributed by atoms with E-state index in [2.05, 4.69) is 57.9 Å². The predicted octanol–water partition coefficient (Wildman–Crippen LogP) is 6.64. The summed E-state index contributed by atoms with van der Waals surface area (Å²) in [5, 5.41) is 3.25. The number of furan rings is 1. The van der Waals surface area contributed by atoms with Gasteiger partial charge in [-0.2, -0.15) is 0 Å². The maximum Gasteiger partial charge on any atom is 0.217 e. The Labute approximate surface area is 235 Å². The second-order valence-electron chi connectivity index (χ2n) is 9.35. The normalized spacial score (nSPS) is 12.6. The summed E-state index contributed by atoms with van der Waals surface area (Å²) in [6, 6.07) is 23.9. The van der Waals surface area contributed by atoms with Crippen LogP contribution in [0.4, 0.5) is 0 Å². The van der Waals surface area contributed by atoms with Crippen LogP contribution in [0.15, 0.2) is 89.7 Å². The van der Waals surface area contributed by atoms with Crippen LogP contribution < -0.4 is 5.19 Å². The minimum Gasteiger partial charge on any atom is -0.467 e. The predicted molar refractivity (Wildman–Crippen MR) is 148 cm³/mol. The summed E-state index contributed by atoms with van der Waals surface area (Å²) in [5.41, 5.74) is 4.75. The number of rotatable bonds is 3. The molecule has 0 N–H and O–H groups in total. The first-order valence-electron chi connectivity index (χ1n) is 13.1. The van der Waals surface area contributed by atoms with Gasteiger partial charge in [-0.05, 0) is 52.7 Å². The minimum atomic E-state index is -2.09. The standard InChI is InChI=1S/C18H16N3OSi.C12H10N.Ir/c1-23(2,3)13-6-7-16(20-11-13)12-9-15-14-5-4-8-19-17(14)22-18(15)21-10-12;1-10-7-8-12(13-9-10)11-5-3-2-4-6-11;/h4-9,11H,1-3H3;2-5,7-9H,1H3;/q2*-1;/i;1D3;. The first-order valence-corrected chi connectivity index (χ1v) is 15.1. The van der Waals surface area contributed by atoms with Crippen molar-refractivity contribution in [3.63, 3.8) is 0 Å². The van der Waals surface area contributed by atoms with Crippen molar-refractivity contribution in [3.8, 4) is 22.5 Å². The van der Waals surface area contributed by atoms with Gasteiger partial charge in [-0.25, -0.2) is 4.98 Å². The second kappa shape index (κ2) is 11.3. The summed E-state index contributed by atoms with van der Waals surface area (Å²) >= 11 is 0. The van der Waals surface area contributed by atoms with Gasteiger partial charge < -0.3 is 19.4 Å². The largest absolute Gasteiger partial charge is 0.467 e. The fourth-order valence-electron chi connectivity index (χ4n) is 3.68. The van der Waals surface area contributed by atoms with Crippen LogP contribution in [0, 0.1) is 19.1 Å². The van der Waals surface area contributed by atoms with Crippen LogP contribution in [0.1, 0.15) is 9.68 Å². The fraction of sp³-hybridized carbons (Fsp3) is 0.133. The fourth-order valence-corrected chi connectivity index (χ4v) is 4.72. The Bertz CT molecular complexity index is 1720. The molecule has 187 valence electrons. The Morgan fingerprint density at radius 3 is 2.30 bits per heavy atom. The van der Waals surface area contributed by atoms with E-state index in [1.807, 2.05) is 48.7 Å². The van der Waals surface area contributed by atoms with E-state index in [4.69, 9.17) is 8.53 Å². The van der Waals surface area contributed by atoms with E-state index in [0.29, 0.717) is 11.4 Å². The number of hydrogen-bond acceptors (Lipinski definition) is 5. The number of nitrogens with zero attached hydrogens (tertiary/aromatic N) is 4. The molecule has 5 nitrogen and oxygen atoms in total. The molecule has 7 heteroatoms. The Kier molecular flexibility index (Phi) is 6.90. The molecule has 0 atom stereocenters. The van der Waals surface area contributed by atoms with Crippen molar-refractivity contribution in [2.75, 3.05) is 0 Å². The maximum absolute atomic E-state index is 7.23. The number of pyridine rings is 4. The summed E-state index contributed by atoms with van der Waals surface area (Å²) in [6.07, 6.45) is 8.11. The zero-order valence-corrected chi connectivity index (χ0v) is 24.0. The first-order chi connectivity index (χ1) is 18.6. The summed E-state index contributed by atoms with van der Waals surface area (Å²) in [4.78, 5) is 17.3. The van der Waals surface area contributed by atoms with Crippen LogP contribution in [0.25, 0.3) is 44.7 Å². The number of aryl methyl sites for hydroxylation is 1. The van der Waals surface area contributed by atoms with E-state index < -0.39 is 14.9 Å². The minimum absolute atomic E-state index is 0. The molecule has 1 aromatic carbocycles. The van der Waals surface area contributed by atoms with Gasteiger partial charge in [0, 0.05) is 48.2 Å². The third-order valence-electron chi connectivity index (χ3n) is 5.71. The van der Waals surface area contributed by atoms with Crippen molar-refractivity contribution in [2.45, 2.75) is 26.5 Å². The van der Waals surface area contributed by atoms with Gasteiger partial charge in [0.15, 0.2) is 0 Å². The van der Waals surface area contributed by atoms with Crippen molar-refractivity contribution >= 4 is 35.5 Å². The Morgan fingerprint density at radius 2 is 1.62 bits per heavy atom. The van der Waals surface area contributed by atoms with Crippen molar-refractivity contribution < 1.29 is 28.6 Å². The van der Waals surface area contributed by atoms with E-state index >= 15 is 0 Å². The molecule has 0 spiro atoms. The van der Waals surface area contributed by atoms with Gasteiger partial charge in [-0.15, -0.1) is 47.5 Å². The quantitative estimate of drug-likeness (QED) is 0.155. The van der Waals surface area contributed by atoms with Gasteiger partial charge in [-0.1, -0.05) is 43.9 Å². The topological polar surface area (TPSA) is 64.7 Å². The number of fused-ring (bicyclic) bond motifs is 3. The summed E-state index contributed by atoms with van der Waals surface area (Å²) in [6.45, 7) is 4.85.